The first-order valence-electron chi connectivity index (χ1n) is 6.73. The van der Waals surface area contributed by atoms with Crippen LogP contribution in [0.2, 0.25) is 0 Å². The van der Waals surface area contributed by atoms with Gasteiger partial charge in [-0.25, -0.2) is 0 Å². The molecule has 5 heteroatoms. The van der Waals surface area contributed by atoms with E-state index >= 15 is 0 Å². The summed E-state index contributed by atoms with van der Waals surface area (Å²) >= 11 is 0. The van der Waals surface area contributed by atoms with E-state index in [0.29, 0.717) is 12.5 Å². The molecule has 0 unspecified atom stereocenters. The maximum absolute atomic E-state index is 12.2. The number of hydrogen-bond acceptors (Lipinski definition) is 3. The maximum Gasteiger partial charge on any atom is 0.259 e. The molecule has 1 amide bonds. The lowest BCUT2D eigenvalue weighted by molar-refractivity contribution is 0.0761. The molecule has 1 aliphatic heterocycles. The molecule has 0 atom stereocenters. The predicted octanol–water partition coefficient (Wildman–Crippen LogP) is 0.755. The fourth-order valence-electron chi connectivity index (χ4n) is 2.48. The Bertz CT molecular complexity index is 504. The number of carbonyl (C=O) groups excluding carboxylic acids is 1. The van der Waals surface area contributed by atoms with E-state index in [0.717, 1.165) is 31.6 Å². The lowest BCUT2D eigenvalue weighted by Crippen LogP contribution is -2.38. The molecule has 1 aromatic heterocycles. The molecule has 2 rings (SSSR count). The van der Waals surface area contributed by atoms with E-state index < -0.39 is 0 Å². The predicted molar refractivity (Wildman–Crippen MR) is 74.4 cm³/mol. The summed E-state index contributed by atoms with van der Waals surface area (Å²) in [7, 11) is 1.77. The molecule has 1 fully saturated rings. The Kier molecular flexibility index (Phi) is 4.37. The van der Waals surface area contributed by atoms with Gasteiger partial charge in [0.1, 0.15) is 5.56 Å². The second-order valence-corrected chi connectivity index (χ2v) is 5.27. The van der Waals surface area contributed by atoms with Crippen LogP contribution < -0.4 is 10.7 Å². The molecular formula is C14H21N3O2. The second-order valence-electron chi connectivity index (χ2n) is 5.27. The number of rotatable bonds is 3. The number of pyridine rings is 1. The summed E-state index contributed by atoms with van der Waals surface area (Å²) in [5.41, 5.74) is 0.781. The molecule has 1 aromatic rings. The highest BCUT2D eigenvalue weighted by Gasteiger charge is 2.20. The number of aromatic amines is 1. The molecule has 0 aliphatic carbocycles. The number of piperidine rings is 1. The Balaban J connectivity index is 2.03. The van der Waals surface area contributed by atoms with Gasteiger partial charge in [-0.2, -0.15) is 0 Å². The number of amides is 1. The van der Waals surface area contributed by atoms with E-state index in [9.17, 15) is 9.59 Å². The van der Waals surface area contributed by atoms with Crippen LogP contribution in [0.25, 0.3) is 0 Å². The van der Waals surface area contributed by atoms with Crippen molar-refractivity contribution in [3.05, 3.63) is 33.7 Å². The van der Waals surface area contributed by atoms with Gasteiger partial charge in [-0.3, -0.25) is 9.59 Å². The average molecular weight is 263 g/mol. The number of aryl methyl sites for hydroxylation is 1. The Labute approximate surface area is 113 Å². The minimum atomic E-state index is -0.210. The van der Waals surface area contributed by atoms with Crippen LogP contribution in [0.4, 0.5) is 0 Å². The van der Waals surface area contributed by atoms with E-state index in [1.165, 1.54) is 12.3 Å². The van der Waals surface area contributed by atoms with Crippen molar-refractivity contribution in [1.82, 2.24) is 15.2 Å². The number of aromatic nitrogens is 1. The van der Waals surface area contributed by atoms with Crippen LogP contribution in [0.15, 0.2) is 17.1 Å². The Hall–Kier alpha value is -1.62. The summed E-state index contributed by atoms with van der Waals surface area (Å²) in [6.45, 7) is 4.54. The topological polar surface area (TPSA) is 65.2 Å². The summed E-state index contributed by atoms with van der Waals surface area (Å²) in [5.74, 6) is 0.333. The molecule has 1 saturated heterocycles. The average Bonchev–Trinajstić information content (AvgIpc) is 2.39. The van der Waals surface area contributed by atoms with Crippen LogP contribution in [0.1, 0.15) is 28.9 Å². The Morgan fingerprint density at radius 3 is 2.74 bits per heavy atom. The third-order valence-electron chi connectivity index (χ3n) is 3.63. The maximum atomic E-state index is 12.2. The van der Waals surface area contributed by atoms with Crippen LogP contribution in [0.3, 0.4) is 0 Å². The number of hydrogen-bond donors (Lipinski definition) is 2. The fraction of sp³-hybridized carbons (Fsp3) is 0.571. The molecule has 0 spiro atoms. The van der Waals surface area contributed by atoms with Crippen molar-refractivity contribution in [1.29, 1.82) is 0 Å². The third kappa shape index (κ3) is 3.44. The van der Waals surface area contributed by atoms with Gasteiger partial charge in [-0.1, -0.05) is 0 Å². The summed E-state index contributed by atoms with van der Waals surface area (Å²) < 4.78 is 0. The van der Waals surface area contributed by atoms with Gasteiger partial charge in [-0.15, -0.1) is 0 Å². The molecule has 0 radical (unpaired) electrons. The first-order chi connectivity index (χ1) is 9.08. The minimum absolute atomic E-state index is 0.195. The molecule has 2 heterocycles. The normalized spacial score (nSPS) is 16.3. The largest absolute Gasteiger partial charge is 0.364 e. The SMILES string of the molecule is Cc1cc(=O)c(C(=O)N(C)CC2CCNCC2)c[nH]1. The first-order valence-corrected chi connectivity index (χ1v) is 6.73. The van der Waals surface area contributed by atoms with E-state index in [1.807, 2.05) is 0 Å². The Morgan fingerprint density at radius 1 is 1.42 bits per heavy atom. The summed E-state index contributed by atoms with van der Waals surface area (Å²) in [6.07, 6.45) is 3.68. The molecule has 1 aliphatic rings. The molecule has 0 bridgehead atoms. The number of carbonyl (C=O) groups is 1. The zero-order chi connectivity index (χ0) is 13.8. The molecule has 0 aromatic carbocycles. The van der Waals surface area contributed by atoms with Gasteiger partial charge >= 0.3 is 0 Å². The highest BCUT2D eigenvalue weighted by atomic mass is 16.2. The van der Waals surface area contributed by atoms with Gasteiger partial charge in [0, 0.05) is 31.5 Å². The lowest BCUT2D eigenvalue weighted by Gasteiger charge is -2.27. The lowest BCUT2D eigenvalue weighted by atomic mass is 9.97. The zero-order valence-corrected chi connectivity index (χ0v) is 11.5. The van der Waals surface area contributed by atoms with Crippen molar-refractivity contribution in [2.24, 2.45) is 5.92 Å². The van der Waals surface area contributed by atoms with Gasteiger partial charge in [0.05, 0.1) is 0 Å². The van der Waals surface area contributed by atoms with E-state index in [2.05, 4.69) is 10.3 Å². The monoisotopic (exact) mass is 263 g/mol. The summed E-state index contributed by atoms with van der Waals surface area (Å²) in [5, 5.41) is 3.31. The van der Waals surface area contributed by atoms with Crippen LogP contribution in [0.5, 0.6) is 0 Å². The quantitative estimate of drug-likeness (QED) is 0.846. The second kappa shape index (κ2) is 6.02. The van der Waals surface area contributed by atoms with Gasteiger partial charge in [0.2, 0.25) is 0 Å². The smallest absolute Gasteiger partial charge is 0.259 e. The fourth-order valence-corrected chi connectivity index (χ4v) is 2.48. The summed E-state index contributed by atoms with van der Waals surface area (Å²) in [4.78, 5) is 28.6. The minimum Gasteiger partial charge on any atom is -0.364 e. The standard InChI is InChI=1S/C14H21N3O2/c1-10-7-13(18)12(8-16-10)14(19)17(2)9-11-3-5-15-6-4-11/h7-8,11,15H,3-6,9H2,1-2H3,(H,16,18). The third-order valence-corrected chi connectivity index (χ3v) is 3.63. The van der Waals surface area contributed by atoms with Gasteiger partial charge < -0.3 is 15.2 Å². The van der Waals surface area contributed by atoms with Crippen LogP contribution in [0, 0.1) is 12.8 Å². The first kappa shape index (κ1) is 13.8. The molecule has 104 valence electrons. The summed E-state index contributed by atoms with van der Waals surface area (Å²) in [6, 6.07) is 1.46. The van der Waals surface area contributed by atoms with Crippen molar-refractivity contribution in [2.45, 2.75) is 19.8 Å². The van der Waals surface area contributed by atoms with Crippen molar-refractivity contribution < 1.29 is 4.79 Å². The van der Waals surface area contributed by atoms with Crippen molar-refractivity contribution >= 4 is 5.91 Å². The highest BCUT2D eigenvalue weighted by molar-refractivity contribution is 5.93. The number of nitrogens with one attached hydrogen (secondary N) is 2. The van der Waals surface area contributed by atoms with E-state index in [4.69, 9.17) is 0 Å². The van der Waals surface area contributed by atoms with E-state index in [-0.39, 0.29) is 16.9 Å². The van der Waals surface area contributed by atoms with E-state index in [1.54, 1.807) is 18.9 Å². The zero-order valence-electron chi connectivity index (χ0n) is 11.5. The van der Waals surface area contributed by atoms with Gasteiger partial charge in [0.15, 0.2) is 5.43 Å². The Morgan fingerprint density at radius 2 is 2.11 bits per heavy atom. The van der Waals surface area contributed by atoms with Crippen molar-refractivity contribution in [3.8, 4) is 0 Å². The van der Waals surface area contributed by atoms with Crippen LogP contribution in [-0.4, -0.2) is 42.5 Å². The van der Waals surface area contributed by atoms with Crippen LogP contribution in [-0.2, 0) is 0 Å². The molecule has 19 heavy (non-hydrogen) atoms. The van der Waals surface area contributed by atoms with Crippen molar-refractivity contribution in [2.75, 3.05) is 26.7 Å². The van der Waals surface area contributed by atoms with Crippen molar-refractivity contribution in [3.63, 3.8) is 0 Å². The van der Waals surface area contributed by atoms with Gasteiger partial charge in [-0.05, 0) is 38.8 Å². The molecular weight excluding hydrogens is 242 g/mol. The molecule has 0 saturated carbocycles. The number of H-pyrrole nitrogens is 1. The molecule has 5 nitrogen and oxygen atoms in total. The van der Waals surface area contributed by atoms with Crippen LogP contribution >= 0.6 is 0 Å². The highest BCUT2D eigenvalue weighted by Crippen LogP contribution is 2.13. The number of nitrogens with zero attached hydrogens (tertiary/aromatic N) is 1. The van der Waals surface area contributed by atoms with Gasteiger partial charge in [0.25, 0.3) is 5.91 Å². The molecule has 2 N–H and O–H groups in total.